The van der Waals surface area contributed by atoms with Gasteiger partial charge in [0.05, 0.1) is 0 Å². The first-order valence-electron chi connectivity index (χ1n) is 6.87. The lowest BCUT2D eigenvalue weighted by molar-refractivity contribution is -0.142. The van der Waals surface area contributed by atoms with E-state index in [1.54, 1.807) is 18.2 Å². The summed E-state index contributed by atoms with van der Waals surface area (Å²) in [6.07, 6.45) is 2.57. The number of hydrogen-bond donors (Lipinski definition) is 2. The summed E-state index contributed by atoms with van der Waals surface area (Å²) >= 11 is 5.84. The van der Waals surface area contributed by atoms with Crippen molar-refractivity contribution in [3.8, 4) is 5.75 Å². The van der Waals surface area contributed by atoms with Crippen LogP contribution in [0.25, 0.3) is 0 Å². The molecule has 2 rings (SSSR count). The molecule has 1 aliphatic rings. The normalized spacial score (nSPS) is 15.3. The molecule has 0 radical (unpaired) electrons. The lowest BCUT2D eigenvalue weighted by atomic mass is 10.1. The van der Waals surface area contributed by atoms with Crippen molar-refractivity contribution >= 4 is 23.5 Å². The van der Waals surface area contributed by atoms with Gasteiger partial charge in [0.15, 0.2) is 6.61 Å². The van der Waals surface area contributed by atoms with Crippen LogP contribution in [0.15, 0.2) is 18.2 Å². The Morgan fingerprint density at radius 1 is 1.48 bits per heavy atom. The second-order valence-electron chi connectivity index (χ2n) is 5.34. The smallest absolute Gasteiger partial charge is 0.326 e. The number of amides is 1. The number of aryl methyl sites for hydroxylation is 1. The number of hydrogen-bond acceptors (Lipinski definition) is 3. The number of carboxylic acids is 1. The number of aliphatic carboxylic acids is 1. The fourth-order valence-corrected chi connectivity index (χ4v) is 2.29. The van der Waals surface area contributed by atoms with E-state index in [9.17, 15) is 9.59 Å². The molecule has 1 unspecified atom stereocenters. The van der Waals surface area contributed by atoms with E-state index in [0.717, 1.165) is 18.4 Å². The molecule has 5 nitrogen and oxygen atoms in total. The highest BCUT2D eigenvalue weighted by molar-refractivity contribution is 6.30. The predicted molar refractivity (Wildman–Crippen MR) is 78.6 cm³/mol. The zero-order valence-electron chi connectivity index (χ0n) is 11.8. The maximum absolute atomic E-state index is 11.8. The second kappa shape index (κ2) is 6.80. The maximum atomic E-state index is 11.8. The van der Waals surface area contributed by atoms with Crippen LogP contribution in [-0.2, 0) is 9.59 Å². The number of ether oxygens (including phenoxy) is 1. The Kier molecular flexibility index (Phi) is 5.07. The summed E-state index contributed by atoms with van der Waals surface area (Å²) in [5.41, 5.74) is 0.822. The highest BCUT2D eigenvalue weighted by Crippen LogP contribution is 2.33. The van der Waals surface area contributed by atoms with Crippen molar-refractivity contribution in [3.63, 3.8) is 0 Å². The highest BCUT2D eigenvalue weighted by Gasteiger charge is 2.30. The van der Waals surface area contributed by atoms with Gasteiger partial charge in [-0.3, -0.25) is 4.79 Å². The Hall–Kier alpha value is -1.75. The average Bonchev–Trinajstić information content (AvgIpc) is 3.21. The van der Waals surface area contributed by atoms with Crippen LogP contribution in [0.1, 0.15) is 24.8 Å². The third-order valence-electron chi connectivity index (χ3n) is 3.40. The van der Waals surface area contributed by atoms with Crippen LogP contribution in [0.3, 0.4) is 0 Å². The van der Waals surface area contributed by atoms with Gasteiger partial charge in [0.2, 0.25) is 0 Å². The second-order valence-corrected chi connectivity index (χ2v) is 5.77. The summed E-state index contributed by atoms with van der Waals surface area (Å²) in [4.78, 5) is 22.9. The topological polar surface area (TPSA) is 75.6 Å². The van der Waals surface area contributed by atoms with Crippen molar-refractivity contribution in [3.05, 3.63) is 28.8 Å². The molecule has 0 aromatic heterocycles. The highest BCUT2D eigenvalue weighted by atomic mass is 35.5. The molecule has 1 atom stereocenters. The van der Waals surface area contributed by atoms with E-state index in [0.29, 0.717) is 23.1 Å². The van der Waals surface area contributed by atoms with Crippen LogP contribution < -0.4 is 10.1 Å². The number of halogens is 1. The van der Waals surface area contributed by atoms with Crippen molar-refractivity contribution in [2.24, 2.45) is 5.92 Å². The van der Waals surface area contributed by atoms with Gasteiger partial charge < -0.3 is 15.2 Å². The molecule has 114 valence electrons. The molecule has 1 saturated carbocycles. The lowest BCUT2D eigenvalue weighted by Crippen LogP contribution is -2.43. The van der Waals surface area contributed by atoms with Crippen LogP contribution in [0, 0.1) is 12.8 Å². The molecule has 0 spiro atoms. The van der Waals surface area contributed by atoms with E-state index < -0.39 is 17.9 Å². The van der Waals surface area contributed by atoms with Gasteiger partial charge in [-0.2, -0.15) is 0 Å². The molecule has 0 heterocycles. The van der Waals surface area contributed by atoms with Crippen molar-refractivity contribution in [2.75, 3.05) is 6.61 Å². The van der Waals surface area contributed by atoms with Crippen LogP contribution in [0.5, 0.6) is 5.75 Å². The van der Waals surface area contributed by atoms with E-state index in [4.69, 9.17) is 21.4 Å². The van der Waals surface area contributed by atoms with Crippen molar-refractivity contribution < 1.29 is 19.4 Å². The van der Waals surface area contributed by atoms with E-state index >= 15 is 0 Å². The van der Waals surface area contributed by atoms with Crippen LogP contribution in [0.2, 0.25) is 5.02 Å². The Morgan fingerprint density at radius 2 is 2.19 bits per heavy atom. The summed E-state index contributed by atoms with van der Waals surface area (Å²) in [5, 5.41) is 12.2. The minimum absolute atomic E-state index is 0.211. The fraction of sp³-hybridized carbons (Fsp3) is 0.467. The maximum Gasteiger partial charge on any atom is 0.326 e. The van der Waals surface area contributed by atoms with Gasteiger partial charge >= 0.3 is 5.97 Å². The standard InChI is InChI=1S/C15H18ClNO4/c1-9-6-11(16)4-5-13(9)21-8-14(18)17-12(15(19)20)7-10-2-3-10/h4-6,10,12H,2-3,7-8H2,1H3,(H,17,18)(H,19,20). The molecule has 21 heavy (non-hydrogen) atoms. The summed E-state index contributed by atoms with van der Waals surface area (Å²) < 4.78 is 5.39. The first-order valence-corrected chi connectivity index (χ1v) is 7.24. The largest absolute Gasteiger partial charge is 0.484 e. The molecule has 0 saturated heterocycles. The van der Waals surface area contributed by atoms with Gasteiger partial charge in [-0.1, -0.05) is 24.4 Å². The van der Waals surface area contributed by atoms with Crippen molar-refractivity contribution in [1.82, 2.24) is 5.32 Å². The van der Waals surface area contributed by atoms with Crippen molar-refractivity contribution in [1.29, 1.82) is 0 Å². The summed E-state index contributed by atoms with van der Waals surface area (Å²) in [5.74, 6) is -0.454. The van der Waals surface area contributed by atoms with Gasteiger partial charge in [-0.25, -0.2) is 4.79 Å². The Labute approximate surface area is 128 Å². The van der Waals surface area contributed by atoms with Gasteiger partial charge in [-0.15, -0.1) is 0 Å². The minimum Gasteiger partial charge on any atom is -0.484 e. The Balaban J connectivity index is 1.84. The van der Waals surface area contributed by atoms with Gasteiger partial charge in [0.1, 0.15) is 11.8 Å². The van der Waals surface area contributed by atoms with E-state index in [1.165, 1.54) is 0 Å². The molecular formula is C15H18ClNO4. The fourth-order valence-electron chi connectivity index (χ4n) is 2.06. The molecule has 1 aliphatic carbocycles. The van der Waals surface area contributed by atoms with Crippen molar-refractivity contribution in [2.45, 2.75) is 32.2 Å². The molecule has 0 aliphatic heterocycles. The molecule has 2 N–H and O–H groups in total. The first-order chi connectivity index (χ1) is 9.95. The number of carbonyl (C=O) groups is 2. The SMILES string of the molecule is Cc1cc(Cl)ccc1OCC(=O)NC(CC1CC1)C(=O)O. The summed E-state index contributed by atoms with van der Waals surface area (Å²) in [6.45, 7) is 1.61. The van der Waals surface area contributed by atoms with Crippen LogP contribution in [0.4, 0.5) is 0 Å². The van der Waals surface area contributed by atoms with Gasteiger partial charge in [0.25, 0.3) is 5.91 Å². The lowest BCUT2D eigenvalue weighted by Gasteiger charge is -2.15. The quantitative estimate of drug-likeness (QED) is 0.810. The summed E-state index contributed by atoms with van der Waals surface area (Å²) in [6, 6.07) is 4.26. The minimum atomic E-state index is -1.00. The molecule has 1 amide bonds. The number of nitrogens with one attached hydrogen (secondary N) is 1. The molecular weight excluding hydrogens is 294 g/mol. The van der Waals surface area contributed by atoms with E-state index in [2.05, 4.69) is 5.32 Å². The monoisotopic (exact) mass is 311 g/mol. The van der Waals surface area contributed by atoms with Crippen LogP contribution in [-0.4, -0.2) is 29.6 Å². The Morgan fingerprint density at radius 3 is 2.76 bits per heavy atom. The number of rotatable bonds is 7. The predicted octanol–water partition coefficient (Wildman–Crippen LogP) is 2.40. The van der Waals surface area contributed by atoms with Gasteiger partial charge in [0, 0.05) is 5.02 Å². The zero-order valence-corrected chi connectivity index (χ0v) is 12.5. The molecule has 6 heteroatoms. The first kappa shape index (κ1) is 15.6. The van der Waals surface area contributed by atoms with Gasteiger partial charge in [-0.05, 0) is 43.0 Å². The molecule has 0 bridgehead atoms. The van der Waals surface area contributed by atoms with Crippen LogP contribution >= 0.6 is 11.6 Å². The molecule has 1 aromatic rings. The van der Waals surface area contributed by atoms with E-state index in [-0.39, 0.29) is 6.61 Å². The van der Waals surface area contributed by atoms with E-state index in [1.807, 2.05) is 6.92 Å². The number of carbonyl (C=O) groups excluding carboxylic acids is 1. The Bertz CT molecular complexity index is 542. The molecule has 1 aromatic carbocycles. The molecule has 1 fully saturated rings. The zero-order chi connectivity index (χ0) is 15.4. The number of carboxylic acid groups (broad SMARTS) is 1. The summed E-state index contributed by atoms with van der Waals surface area (Å²) in [7, 11) is 0. The third-order valence-corrected chi connectivity index (χ3v) is 3.63. The number of benzene rings is 1. The third kappa shape index (κ3) is 4.93. The average molecular weight is 312 g/mol.